The summed E-state index contributed by atoms with van der Waals surface area (Å²) in [7, 11) is 0.869. The standard InChI is InChI=1S/C8H20BN/c1-2-3-4-5-6-7-8-9-10/h9H,2-8,10H2,1H3. The number of nitrogens with two attached hydrogens (primary N) is 1. The largest absolute Gasteiger partial charge is 0.373 e. The Morgan fingerprint density at radius 3 is 2.20 bits per heavy atom. The fraction of sp³-hybridized carbons (Fsp3) is 1.00. The Morgan fingerprint density at radius 1 is 1.00 bits per heavy atom. The molecule has 2 heteroatoms. The lowest BCUT2D eigenvalue weighted by Gasteiger charge is -1.97. The van der Waals surface area contributed by atoms with Crippen molar-refractivity contribution in [3.8, 4) is 0 Å². The van der Waals surface area contributed by atoms with Gasteiger partial charge in [0.15, 0.2) is 7.41 Å². The molecule has 0 atom stereocenters. The Balaban J connectivity index is 2.65. The molecule has 0 aliphatic carbocycles. The highest BCUT2D eigenvalue weighted by Gasteiger charge is 1.88. The third-order valence-corrected chi connectivity index (χ3v) is 1.81. The van der Waals surface area contributed by atoms with Gasteiger partial charge >= 0.3 is 0 Å². The van der Waals surface area contributed by atoms with Crippen LogP contribution in [0, 0.1) is 0 Å². The molecule has 0 unspecified atom stereocenters. The summed E-state index contributed by atoms with van der Waals surface area (Å²) in [5, 5.41) is 0. The van der Waals surface area contributed by atoms with Crippen LogP contribution in [0.3, 0.4) is 0 Å². The van der Waals surface area contributed by atoms with Crippen LogP contribution >= 0.6 is 0 Å². The monoisotopic (exact) mass is 141 g/mol. The fourth-order valence-corrected chi connectivity index (χ4v) is 1.10. The Hall–Kier alpha value is 0.0249. The van der Waals surface area contributed by atoms with Gasteiger partial charge in [0.1, 0.15) is 0 Å². The highest BCUT2D eigenvalue weighted by Crippen LogP contribution is 2.05. The van der Waals surface area contributed by atoms with Crippen molar-refractivity contribution in [3.05, 3.63) is 0 Å². The lowest BCUT2D eigenvalue weighted by molar-refractivity contribution is 0.624. The summed E-state index contributed by atoms with van der Waals surface area (Å²) in [5.74, 6) is 0. The number of rotatable bonds is 7. The van der Waals surface area contributed by atoms with Crippen molar-refractivity contribution in [2.24, 2.45) is 5.64 Å². The molecule has 0 aliphatic heterocycles. The van der Waals surface area contributed by atoms with Gasteiger partial charge in [-0.1, -0.05) is 51.8 Å². The molecular weight excluding hydrogens is 121 g/mol. The van der Waals surface area contributed by atoms with Gasteiger partial charge in [-0.3, -0.25) is 0 Å². The molecule has 0 aromatic rings. The summed E-state index contributed by atoms with van der Waals surface area (Å²) in [6.45, 7) is 2.25. The van der Waals surface area contributed by atoms with Gasteiger partial charge in [0.05, 0.1) is 0 Å². The van der Waals surface area contributed by atoms with E-state index in [1.807, 2.05) is 0 Å². The van der Waals surface area contributed by atoms with Crippen LogP contribution in [-0.4, -0.2) is 7.41 Å². The van der Waals surface area contributed by atoms with E-state index in [0.717, 1.165) is 7.41 Å². The number of hydrogen-bond donors (Lipinski definition) is 1. The second kappa shape index (κ2) is 9.02. The van der Waals surface area contributed by atoms with E-state index < -0.39 is 0 Å². The Morgan fingerprint density at radius 2 is 1.60 bits per heavy atom. The number of unbranched alkanes of at least 4 members (excludes halogenated alkanes) is 5. The first-order valence-corrected chi connectivity index (χ1v) is 4.62. The van der Waals surface area contributed by atoms with Gasteiger partial charge < -0.3 is 5.64 Å². The highest BCUT2D eigenvalue weighted by atomic mass is 14.3. The normalized spacial score (nSPS) is 9.80. The first kappa shape index (κ1) is 10.0. The molecular formula is C8H20BN. The van der Waals surface area contributed by atoms with Crippen LogP contribution < -0.4 is 5.64 Å². The molecule has 0 fully saturated rings. The molecule has 0 heterocycles. The topological polar surface area (TPSA) is 26.0 Å². The molecule has 10 heavy (non-hydrogen) atoms. The third-order valence-electron chi connectivity index (χ3n) is 1.81. The van der Waals surface area contributed by atoms with E-state index in [1.165, 1.54) is 44.8 Å². The molecule has 0 amide bonds. The van der Waals surface area contributed by atoms with Crippen molar-refractivity contribution in [1.82, 2.24) is 0 Å². The molecule has 0 aliphatic rings. The van der Waals surface area contributed by atoms with Crippen LogP contribution in [-0.2, 0) is 0 Å². The molecule has 2 N–H and O–H groups in total. The predicted octanol–water partition coefficient (Wildman–Crippen LogP) is 2.08. The molecule has 1 nitrogen and oxygen atoms in total. The van der Waals surface area contributed by atoms with E-state index in [-0.39, 0.29) is 0 Å². The van der Waals surface area contributed by atoms with E-state index >= 15 is 0 Å². The maximum Gasteiger partial charge on any atom is 0.198 e. The van der Waals surface area contributed by atoms with Gasteiger partial charge in [-0.05, 0) is 0 Å². The van der Waals surface area contributed by atoms with Gasteiger partial charge in [0.25, 0.3) is 0 Å². The SMILES string of the molecule is CCCCCCCCBN. The minimum absolute atomic E-state index is 0.869. The van der Waals surface area contributed by atoms with Crippen LogP contribution in [0.5, 0.6) is 0 Å². The molecule has 0 saturated heterocycles. The second-order valence-corrected chi connectivity index (χ2v) is 2.91. The third kappa shape index (κ3) is 8.02. The highest BCUT2D eigenvalue weighted by molar-refractivity contribution is 6.30. The minimum Gasteiger partial charge on any atom is -0.373 e. The van der Waals surface area contributed by atoms with Crippen LogP contribution in [0.4, 0.5) is 0 Å². The summed E-state index contributed by atoms with van der Waals surface area (Å²) in [6.07, 6.45) is 9.51. The molecule has 0 aromatic carbocycles. The van der Waals surface area contributed by atoms with Crippen LogP contribution in [0.2, 0.25) is 6.32 Å². The zero-order valence-corrected chi connectivity index (χ0v) is 7.23. The van der Waals surface area contributed by atoms with Gasteiger partial charge in [-0.25, -0.2) is 0 Å². The van der Waals surface area contributed by atoms with Crippen LogP contribution in [0.15, 0.2) is 0 Å². The van der Waals surface area contributed by atoms with Crippen molar-refractivity contribution in [3.63, 3.8) is 0 Å². The molecule has 0 aromatic heterocycles. The number of hydrogen-bond acceptors (Lipinski definition) is 1. The lowest BCUT2D eigenvalue weighted by Crippen LogP contribution is -2.02. The average molecular weight is 141 g/mol. The zero-order valence-electron chi connectivity index (χ0n) is 7.23. The summed E-state index contributed by atoms with van der Waals surface area (Å²) < 4.78 is 0. The zero-order chi connectivity index (χ0) is 7.66. The summed E-state index contributed by atoms with van der Waals surface area (Å²) >= 11 is 0. The van der Waals surface area contributed by atoms with E-state index in [0.29, 0.717) is 0 Å². The smallest absolute Gasteiger partial charge is 0.198 e. The summed E-state index contributed by atoms with van der Waals surface area (Å²) in [4.78, 5) is 0. The van der Waals surface area contributed by atoms with Crippen molar-refractivity contribution >= 4 is 7.41 Å². The van der Waals surface area contributed by atoms with Gasteiger partial charge in [-0.2, -0.15) is 0 Å². The van der Waals surface area contributed by atoms with E-state index in [4.69, 9.17) is 5.64 Å². The Bertz CT molecular complexity index is 49.2. The van der Waals surface area contributed by atoms with Gasteiger partial charge in [-0.15, -0.1) is 0 Å². The van der Waals surface area contributed by atoms with E-state index in [2.05, 4.69) is 6.92 Å². The minimum atomic E-state index is 0.869. The lowest BCUT2D eigenvalue weighted by atomic mass is 9.88. The predicted molar refractivity (Wildman–Crippen MR) is 49.5 cm³/mol. The van der Waals surface area contributed by atoms with Crippen LogP contribution in [0.1, 0.15) is 45.4 Å². The molecule has 0 bridgehead atoms. The van der Waals surface area contributed by atoms with Crippen molar-refractivity contribution in [1.29, 1.82) is 0 Å². The van der Waals surface area contributed by atoms with Crippen molar-refractivity contribution in [2.45, 2.75) is 51.8 Å². The summed E-state index contributed by atoms with van der Waals surface area (Å²) in [5.41, 5.74) is 5.37. The second-order valence-electron chi connectivity index (χ2n) is 2.91. The molecule has 0 spiro atoms. The van der Waals surface area contributed by atoms with Gasteiger partial charge in [0.2, 0.25) is 0 Å². The van der Waals surface area contributed by atoms with Crippen molar-refractivity contribution in [2.75, 3.05) is 0 Å². The van der Waals surface area contributed by atoms with E-state index in [1.54, 1.807) is 0 Å². The first-order chi connectivity index (χ1) is 4.91. The summed E-state index contributed by atoms with van der Waals surface area (Å²) in [6, 6.07) is 0. The quantitative estimate of drug-likeness (QED) is 0.426. The van der Waals surface area contributed by atoms with Crippen molar-refractivity contribution < 1.29 is 0 Å². The maximum absolute atomic E-state index is 5.37. The van der Waals surface area contributed by atoms with Gasteiger partial charge in [0, 0.05) is 0 Å². The maximum atomic E-state index is 5.37. The molecule has 60 valence electrons. The Kier molecular flexibility index (Phi) is 9.05. The fourth-order valence-electron chi connectivity index (χ4n) is 1.10. The molecule has 0 rings (SSSR count). The molecule has 0 radical (unpaired) electrons. The first-order valence-electron chi connectivity index (χ1n) is 4.62. The molecule has 0 saturated carbocycles. The average Bonchev–Trinajstić information content (AvgIpc) is 1.97. The van der Waals surface area contributed by atoms with E-state index in [9.17, 15) is 0 Å². The van der Waals surface area contributed by atoms with Crippen LogP contribution in [0.25, 0.3) is 0 Å². The Labute approximate surface area is 65.6 Å².